The summed E-state index contributed by atoms with van der Waals surface area (Å²) in [4.78, 5) is 102. The fourth-order valence-electron chi connectivity index (χ4n) is 21.1. The van der Waals surface area contributed by atoms with Crippen LogP contribution in [0, 0.1) is 0 Å². The van der Waals surface area contributed by atoms with Gasteiger partial charge in [-0.15, -0.1) is 10.2 Å². The van der Waals surface area contributed by atoms with Crippen molar-refractivity contribution in [3.63, 3.8) is 0 Å². The standard InChI is InChI=1S/C30H36N4O5.C28H32N4O5.C20H24N4O4.C17H23NO2.C12H15BrO.C5H9NO/c1-3-38-30(36)28-29(34(32-31-28)20-21-7-15-25(37-2)16-8-21)39-26-17-11-23(12-18-26)22-9-13-24(14-10-22)33-19-5-4-6-27(33)35;1-36-23-13-5-19(6-14-23)18-32-27(26(28(34)35)29-30-32)37-24-15-9-21(10-16-24)20-7-11-22(12-8-20)31-17-3-2-4-25(31)33;25-17-3-1-2-12-24(17)15-8-4-13(5-9-15)14-6-10-16(11-7-14)28-19-18(20(26)27)21-23-22-19;19-16-10-6-14(7-11-16)13-4-8-15(9-5-13)18-12-2-1-3-17(18)20;13-11-5-1-9(2-6-11)10-3-7-12(14)8-4-10;7-5-3-1-2-4-6-5/h7-10,13-16,23,26H,3-6,11-12,17-20H2,1-2H3;5-8,11-14,21,24H,2-4,9-10,15-18H2,1H3,(H,34,35);4-5,8-9,14,16H,1-3,6-7,10-12H2,(H,26,27)(H,21,22,23);4-5,8-9,14,16,19H,1-3,6-7,10-12H2;1-2,5-6,10,12,14H,3-4,7-8H2;1-4H2,(H,6,7). The van der Waals surface area contributed by atoms with Gasteiger partial charge in [0.2, 0.25) is 58.4 Å². The Morgan fingerprint density at radius 3 is 1.01 bits per heavy atom. The number of aliphatic hydroxyl groups is 2. The van der Waals surface area contributed by atoms with Crippen LogP contribution in [0.25, 0.3) is 0 Å². The van der Waals surface area contributed by atoms with Crippen molar-refractivity contribution in [1.82, 2.24) is 50.7 Å². The molecule has 5 aliphatic carbocycles. The van der Waals surface area contributed by atoms with Crippen LogP contribution in [0.15, 0.2) is 174 Å². The van der Waals surface area contributed by atoms with Crippen LogP contribution in [-0.2, 0) is 41.8 Å². The highest BCUT2D eigenvalue weighted by Crippen LogP contribution is 2.43. The van der Waals surface area contributed by atoms with Crippen molar-refractivity contribution in [3.05, 3.63) is 230 Å². The number of nitrogens with one attached hydrogen (secondary N) is 2. The molecule has 0 spiro atoms. The maximum Gasteiger partial charge on any atom is 0.364 e. The van der Waals surface area contributed by atoms with Crippen LogP contribution in [0.2, 0.25) is 0 Å². The Balaban J connectivity index is 0.000000138. The molecule has 10 aromatic rings. The van der Waals surface area contributed by atoms with Gasteiger partial charge < -0.3 is 73.8 Å². The lowest BCUT2D eigenvalue weighted by Gasteiger charge is -2.30. The number of nitrogens with zero attached hydrogens (tertiary/aromatic N) is 12. The van der Waals surface area contributed by atoms with Gasteiger partial charge in [-0.25, -0.2) is 28.8 Å². The number of carbonyl (C=O) groups is 8. The molecular formula is C112H139BrN14O18. The van der Waals surface area contributed by atoms with Crippen molar-refractivity contribution in [2.45, 2.75) is 305 Å². The third-order valence-electron chi connectivity index (χ3n) is 29.5. The number of aromatic carboxylic acids is 2. The summed E-state index contributed by atoms with van der Waals surface area (Å²) in [5.41, 5.74) is 12.3. The number of anilines is 4. The molecule has 10 aliphatic rings. The first-order valence-electron chi connectivity index (χ1n) is 52.2. The molecule has 20 rings (SSSR count). The Morgan fingerprint density at radius 2 is 0.703 bits per heavy atom. The van der Waals surface area contributed by atoms with E-state index in [4.69, 9.17) is 33.5 Å². The van der Waals surface area contributed by atoms with E-state index in [2.05, 4.69) is 179 Å². The van der Waals surface area contributed by atoms with Crippen LogP contribution in [0.4, 0.5) is 22.7 Å². The maximum atomic E-state index is 12.6. The van der Waals surface area contributed by atoms with Crippen LogP contribution in [0.3, 0.4) is 0 Å². The third kappa shape index (κ3) is 30.0. The van der Waals surface area contributed by atoms with Crippen LogP contribution < -0.4 is 48.6 Å². The Morgan fingerprint density at radius 1 is 0.379 bits per heavy atom. The zero-order valence-corrected chi connectivity index (χ0v) is 85.2. The minimum atomic E-state index is -1.16. The highest BCUT2D eigenvalue weighted by atomic mass is 79.9. The van der Waals surface area contributed by atoms with Crippen LogP contribution in [-0.4, -0.2) is 197 Å². The number of halogens is 1. The molecule has 33 heteroatoms. The molecule has 10 fully saturated rings. The fourth-order valence-corrected chi connectivity index (χ4v) is 21.3. The first-order chi connectivity index (χ1) is 70.6. The number of carbonyl (C=O) groups excluding carboxylic acids is 6. The fraction of sp³-hybridized carbons (Fsp3) is 0.500. The van der Waals surface area contributed by atoms with Gasteiger partial charge in [0.1, 0.15) is 29.8 Å². The van der Waals surface area contributed by atoms with Gasteiger partial charge >= 0.3 is 17.9 Å². The monoisotopic (exact) mass is 2050 g/mol. The third-order valence-corrected chi connectivity index (χ3v) is 30.0. The number of benzene rings is 7. The molecule has 0 radical (unpaired) electrons. The smallest absolute Gasteiger partial charge is 0.364 e. The SMILES string of the molecule is CCOC(=O)c1nnn(Cc2ccc(OC)cc2)c1OC1CCC(c2ccc(N3CCCCC3=O)cc2)CC1.COc1ccc(Cn2nnc(C(=O)O)c2OC2CCC(c3ccc(N4CCCCC4=O)cc3)CC2)cc1.O=C(O)c1[nH]nnc1OC1CCC(c2ccc(N3CCCCC3=O)cc2)CC1.O=C1CCCCN1.O=C1CCCCN1c1ccc(C2CCC(O)CC2)cc1.OC1CCC(c2ccc(Br)cc2)CC1. The Bertz CT molecular complexity index is 5820. The van der Waals surface area contributed by atoms with Gasteiger partial charge in [0.05, 0.1) is 46.1 Å². The molecule has 3 aromatic heterocycles. The second kappa shape index (κ2) is 53.3. The van der Waals surface area contributed by atoms with Crippen LogP contribution >= 0.6 is 15.9 Å². The number of aliphatic hydroxyl groups excluding tert-OH is 2. The summed E-state index contributed by atoms with van der Waals surface area (Å²) in [5, 5.41) is 66.3. The Hall–Kier alpha value is -12.9. The minimum Gasteiger partial charge on any atom is -0.497 e. The number of ether oxygens (including phenoxy) is 6. The number of aromatic amines is 1. The largest absolute Gasteiger partial charge is 0.497 e. The normalized spacial score (nSPS) is 22.3. The van der Waals surface area contributed by atoms with Gasteiger partial charge in [-0.1, -0.05) is 122 Å². The number of carboxylic acids is 2. The van der Waals surface area contributed by atoms with Gasteiger partial charge in [0, 0.05) is 92.1 Å². The summed E-state index contributed by atoms with van der Waals surface area (Å²) in [6.45, 7) is 6.92. The Kier molecular flexibility index (Phi) is 39.1. The van der Waals surface area contributed by atoms with Gasteiger partial charge in [-0.3, -0.25) is 24.0 Å². The van der Waals surface area contributed by atoms with E-state index in [1.54, 1.807) is 25.8 Å². The first-order valence-corrected chi connectivity index (χ1v) is 53.0. The summed E-state index contributed by atoms with van der Waals surface area (Å²) in [5.74, 6) is 2.94. The van der Waals surface area contributed by atoms with E-state index < -0.39 is 17.9 Å². The van der Waals surface area contributed by atoms with Crippen LogP contribution in [0.1, 0.15) is 332 Å². The quantitative estimate of drug-likeness (QED) is 0.0289. The molecule has 32 nitrogen and oxygen atoms in total. The molecule has 6 N–H and O–H groups in total. The summed E-state index contributed by atoms with van der Waals surface area (Å²) in [6, 6.07) is 57.5. The number of H-pyrrole nitrogens is 1. The highest BCUT2D eigenvalue weighted by Gasteiger charge is 2.35. The van der Waals surface area contributed by atoms with Crippen molar-refractivity contribution in [2.75, 3.05) is 73.1 Å². The number of methoxy groups -OCH3 is 2. The second-order valence-corrected chi connectivity index (χ2v) is 40.3. The zero-order valence-electron chi connectivity index (χ0n) is 83.6. The summed E-state index contributed by atoms with van der Waals surface area (Å²) in [6.07, 6.45) is 32.4. The first kappa shape index (κ1) is 106. The predicted molar refractivity (Wildman–Crippen MR) is 553 cm³/mol. The van der Waals surface area contributed by atoms with Gasteiger partial charge in [-0.2, -0.15) is 0 Å². The molecule has 0 atom stereocenters. The molecule has 0 unspecified atom stereocenters. The van der Waals surface area contributed by atoms with E-state index in [9.17, 15) is 53.7 Å². The molecule has 0 bridgehead atoms. The summed E-state index contributed by atoms with van der Waals surface area (Å²) >= 11 is 3.44. The predicted octanol–water partition coefficient (Wildman–Crippen LogP) is 19.9. The molecule has 5 aliphatic heterocycles. The number of carboxylic acid groups (broad SMARTS) is 2. The van der Waals surface area contributed by atoms with Gasteiger partial charge in [0.15, 0.2) is 0 Å². The summed E-state index contributed by atoms with van der Waals surface area (Å²) < 4.78 is 38.3. The molecular weight excluding hydrogens is 1910 g/mol. The summed E-state index contributed by atoms with van der Waals surface area (Å²) in [7, 11) is 3.24. The molecule has 5 saturated carbocycles. The number of piperidine rings is 5. The number of hydrogen-bond acceptors (Lipinski definition) is 22. The lowest BCUT2D eigenvalue weighted by molar-refractivity contribution is -0.122. The lowest BCUT2D eigenvalue weighted by Crippen LogP contribution is -2.35. The topological polar surface area (TPSA) is 401 Å². The van der Waals surface area contributed by atoms with Crippen molar-refractivity contribution < 1.29 is 87.2 Å². The molecule has 5 saturated heterocycles. The van der Waals surface area contributed by atoms with E-state index in [1.807, 2.05) is 68.1 Å². The average Bonchev–Trinajstić information content (AvgIpc) is 1.70. The lowest BCUT2D eigenvalue weighted by atomic mass is 9.82. The number of esters is 1. The Labute approximate surface area is 856 Å². The second-order valence-electron chi connectivity index (χ2n) is 39.3. The van der Waals surface area contributed by atoms with E-state index in [-0.39, 0.29) is 95.5 Å². The van der Waals surface area contributed by atoms with E-state index >= 15 is 0 Å². The maximum absolute atomic E-state index is 12.6. The average molecular weight is 2050 g/mol. The van der Waals surface area contributed by atoms with E-state index in [0.29, 0.717) is 74.2 Å². The molecule has 7 aromatic carbocycles. The van der Waals surface area contributed by atoms with Crippen molar-refractivity contribution in [3.8, 4) is 29.1 Å². The van der Waals surface area contributed by atoms with Crippen molar-refractivity contribution in [1.29, 1.82) is 0 Å². The minimum absolute atomic E-state index is 0.0483. The zero-order chi connectivity index (χ0) is 102. The molecule has 145 heavy (non-hydrogen) atoms. The van der Waals surface area contributed by atoms with Gasteiger partial charge in [-0.05, 0) is 353 Å². The number of amides is 5. The number of rotatable bonds is 25. The number of aromatic nitrogens is 9. The van der Waals surface area contributed by atoms with E-state index in [1.165, 1.54) is 32.5 Å². The number of hydrogen-bond donors (Lipinski definition) is 6. The molecule has 772 valence electrons. The highest BCUT2D eigenvalue weighted by molar-refractivity contribution is 9.10. The van der Waals surface area contributed by atoms with Crippen molar-refractivity contribution in [2.24, 2.45) is 0 Å². The van der Waals surface area contributed by atoms with Crippen molar-refractivity contribution >= 4 is 86.1 Å². The van der Waals surface area contributed by atoms with Crippen LogP contribution in [0.5, 0.6) is 29.1 Å². The molecule has 8 heterocycles. The van der Waals surface area contributed by atoms with Gasteiger partial charge in [0.25, 0.3) is 5.88 Å². The van der Waals surface area contributed by atoms with E-state index in [0.717, 1.165) is 282 Å². The molecule has 5 amide bonds.